The van der Waals surface area contributed by atoms with E-state index in [1.807, 2.05) is 0 Å². The standard InChI is InChI=1S/C23H25NO10/c1-14(13-31-20(25)16-7-5-4-6-8-16)32-21(26)17(24)11-15-9-10-18(33-22(27)29-2)19(12-15)34-23(28)30-3/h4-10,12,14,17H,11,13,24H2,1-3H3/t14-,17-/m0/s1. The first-order valence-electron chi connectivity index (χ1n) is 10.1. The largest absolute Gasteiger partial charge is 0.513 e. The highest BCUT2D eigenvalue weighted by molar-refractivity contribution is 5.89. The maximum absolute atomic E-state index is 12.4. The Morgan fingerprint density at radius 2 is 1.50 bits per heavy atom. The van der Waals surface area contributed by atoms with Gasteiger partial charge in [-0.05, 0) is 43.2 Å². The third-order valence-corrected chi connectivity index (χ3v) is 4.26. The average molecular weight is 475 g/mol. The molecule has 2 atom stereocenters. The van der Waals surface area contributed by atoms with E-state index in [0.29, 0.717) is 11.1 Å². The van der Waals surface area contributed by atoms with Gasteiger partial charge in [0.1, 0.15) is 18.8 Å². The van der Waals surface area contributed by atoms with Crippen molar-refractivity contribution in [2.24, 2.45) is 5.73 Å². The lowest BCUT2D eigenvalue weighted by Crippen LogP contribution is -2.37. The van der Waals surface area contributed by atoms with E-state index in [1.54, 1.807) is 37.3 Å². The Bertz CT molecular complexity index is 1010. The van der Waals surface area contributed by atoms with Crippen LogP contribution in [0.5, 0.6) is 11.5 Å². The van der Waals surface area contributed by atoms with Crippen LogP contribution in [-0.2, 0) is 30.2 Å². The summed E-state index contributed by atoms with van der Waals surface area (Å²) in [5.41, 5.74) is 6.80. The summed E-state index contributed by atoms with van der Waals surface area (Å²) in [7, 11) is 2.23. The normalized spacial score (nSPS) is 12.0. The van der Waals surface area contributed by atoms with E-state index in [4.69, 9.17) is 24.7 Å². The zero-order valence-corrected chi connectivity index (χ0v) is 18.8. The summed E-state index contributed by atoms with van der Waals surface area (Å²) in [5, 5.41) is 0. The number of ether oxygens (including phenoxy) is 6. The van der Waals surface area contributed by atoms with Crippen molar-refractivity contribution in [3.8, 4) is 11.5 Å². The highest BCUT2D eigenvalue weighted by Gasteiger charge is 2.22. The third-order valence-electron chi connectivity index (χ3n) is 4.26. The van der Waals surface area contributed by atoms with Crippen molar-refractivity contribution in [1.29, 1.82) is 0 Å². The second kappa shape index (κ2) is 12.8. The van der Waals surface area contributed by atoms with Gasteiger partial charge in [0, 0.05) is 0 Å². The van der Waals surface area contributed by atoms with Gasteiger partial charge in [0.2, 0.25) is 0 Å². The summed E-state index contributed by atoms with van der Waals surface area (Å²) in [6.45, 7) is 1.41. The molecule has 2 aromatic carbocycles. The molecule has 11 heteroatoms. The molecule has 0 bridgehead atoms. The van der Waals surface area contributed by atoms with E-state index < -0.39 is 36.4 Å². The number of benzene rings is 2. The highest BCUT2D eigenvalue weighted by atomic mass is 16.7. The predicted molar refractivity (Wildman–Crippen MR) is 116 cm³/mol. The molecule has 0 saturated carbocycles. The number of rotatable bonds is 9. The lowest BCUT2D eigenvalue weighted by Gasteiger charge is -2.17. The molecule has 0 fully saturated rings. The van der Waals surface area contributed by atoms with Gasteiger partial charge in [0.05, 0.1) is 19.8 Å². The van der Waals surface area contributed by atoms with Gasteiger partial charge in [-0.3, -0.25) is 4.79 Å². The van der Waals surface area contributed by atoms with Crippen molar-refractivity contribution in [3.05, 3.63) is 59.7 Å². The van der Waals surface area contributed by atoms with Crippen LogP contribution in [-0.4, -0.2) is 57.2 Å². The van der Waals surface area contributed by atoms with E-state index >= 15 is 0 Å². The first-order chi connectivity index (χ1) is 16.2. The Morgan fingerprint density at radius 1 is 0.882 bits per heavy atom. The Balaban J connectivity index is 1.96. The van der Waals surface area contributed by atoms with Gasteiger partial charge in [-0.25, -0.2) is 14.4 Å². The molecule has 0 spiro atoms. The molecular formula is C23H25NO10. The maximum Gasteiger partial charge on any atom is 0.513 e. The third kappa shape index (κ3) is 8.10. The number of methoxy groups -OCH3 is 2. The Kier molecular flexibility index (Phi) is 9.84. The fourth-order valence-corrected chi connectivity index (χ4v) is 2.61. The number of carbonyl (C=O) groups is 4. The van der Waals surface area contributed by atoms with Crippen LogP contribution in [0.25, 0.3) is 0 Å². The fraction of sp³-hybridized carbons (Fsp3) is 0.304. The second-order valence-corrected chi connectivity index (χ2v) is 6.92. The molecule has 0 amide bonds. The zero-order chi connectivity index (χ0) is 25.1. The number of hydrogen-bond acceptors (Lipinski definition) is 11. The van der Waals surface area contributed by atoms with E-state index in [0.717, 1.165) is 14.2 Å². The van der Waals surface area contributed by atoms with E-state index in [1.165, 1.54) is 18.2 Å². The van der Waals surface area contributed by atoms with E-state index in [9.17, 15) is 19.2 Å². The van der Waals surface area contributed by atoms with Gasteiger partial charge in [-0.15, -0.1) is 0 Å². The van der Waals surface area contributed by atoms with Crippen molar-refractivity contribution in [3.63, 3.8) is 0 Å². The molecular weight excluding hydrogens is 450 g/mol. The number of esters is 2. The Labute approximate surface area is 195 Å². The number of hydrogen-bond donors (Lipinski definition) is 1. The SMILES string of the molecule is COC(=O)Oc1ccc(C[C@H](N)C(=O)O[C@@H](C)COC(=O)c2ccccc2)cc1OC(=O)OC. The minimum atomic E-state index is -1.08. The van der Waals surface area contributed by atoms with E-state index in [2.05, 4.69) is 9.47 Å². The average Bonchev–Trinajstić information content (AvgIpc) is 2.84. The van der Waals surface area contributed by atoms with Crippen LogP contribution in [0.2, 0.25) is 0 Å². The minimum Gasteiger partial charge on any atom is -0.458 e. The van der Waals surface area contributed by atoms with Crippen molar-refractivity contribution < 1.29 is 47.6 Å². The van der Waals surface area contributed by atoms with Gasteiger partial charge < -0.3 is 34.2 Å². The van der Waals surface area contributed by atoms with Crippen molar-refractivity contribution in [1.82, 2.24) is 0 Å². The molecule has 0 heterocycles. The molecule has 0 saturated heterocycles. The molecule has 0 radical (unpaired) electrons. The summed E-state index contributed by atoms with van der Waals surface area (Å²) < 4.78 is 29.1. The molecule has 0 aromatic heterocycles. The van der Waals surface area contributed by atoms with Gasteiger partial charge in [-0.1, -0.05) is 24.3 Å². The van der Waals surface area contributed by atoms with Gasteiger partial charge in [-0.2, -0.15) is 0 Å². The quantitative estimate of drug-likeness (QED) is 0.324. The topological polar surface area (TPSA) is 150 Å². The molecule has 182 valence electrons. The molecule has 2 rings (SSSR count). The van der Waals surface area contributed by atoms with Crippen LogP contribution < -0.4 is 15.2 Å². The van der Waals surface area contributed by atoms with Crippen LogP contribution in [0.15, 0.2) is 48.5 Å². The Hall–Kier alpha value is -4.12. The van der Waals surface area contributed by atoms with Gasteiger partial charge in [0.25, 0.3) is 0 Å². The predicted octanol–water partition coefficient (Wildman–Crippen LogP) is 2.64. The van der Waals surface area contributed by atoms with Gasteiger partial charge in [0.15, 0.2) is 11.5 Å². The fourth-order valence-electron chi connectivity index (χ4n) is 2.61. The first kappa shape index (κ1) is 26.1. The van der Waals surface area contributed by atoms with Crippen LogP contribution in [0, 0.1) is 0 Å². The summed E-state index contributed by atoms with van der Waals surface area (Å²) in [6, 6.07) is 11.5. The monoisotopic (exact) mass is 475 g/mol. The second-order valence-electron chi connectivity index (χ2n) is 6.92. The maximum atomic E-state index is 12.4. The summed E-state index contributed by atoms with van der Waals surface area (Å²) in [6.07, 6.45) is -2.80. The van der Waals surface area contributed by atoms with Crippen molar-refractivity contribution in [2.45, 2.75) is 25.5 Å². The summed E-state index contributed by atoms with van der Waals surface area (Å²) in [4.78, 5) is 47.2. The van der Waals surface area contributed by atoms with Crippen LogP contribution in [0.3, 0.4) is 0 Å². The molecule has 0 aliphatic heterocycles. The first-order valence-corrected chi connectivity index (χ1v) is 10.1. The van der Waals surface area contributed by atoms with Crippen molar-refractivity contribution >= 4 is 24.2 Å². The lowest BCUT2D eigenvalue weighted by atomic mass is 10.1. The van der Waals surface area contributed by atoms with Crippen molar-refractivity contribution in [2.75, 3.05) is 20.8 Å². The molecule has 2 aromatic rings. The molecule has 0 aliphatic carbocycles. The van der Waals surface area contributed by atoms with Crippen LogP contribution in [0.1, 0.15) is 22.8 Å². The number of nitrogens with two attached hydrogens (primary N) is 1. The molecule has 34 heavy (non-hydrogen) atoms. The number of carbonyl (C=O) groups excluding carboxylic acids is 4. The molecule has 0 aliphatic rings. The summed E-state index contributed by atoms with van der Waals surface area (Å²) >= 11 is 0. The smallest absolute Gasteiger partial charge is 0.458 e. The summed E-state index contributed by atoms with van der Waals surface area (Å²) in [5.74, 6) is -1.52. The Morgan fingerprint density at radius 3 is 2.12 bits per heavy atom. The lowest BCUT2D eigenvalue weighted by molar-refractivity contribution is -0.151. The molecule has 2 N–H and O–H groups in total. The van der Waals surface area contributed by atoms with E-state index in [-0.39, 0.29) is 24.5 Å². The minimum absolute atomic E-state index is 0.00535. The zero-order valence-electron chi connectivity index (χ0n) is 18.8. The van der Waals surface area contributed by atoms with Crippen LogP contribution >= 0.6 is 0 Å². The van der Waals surface area contributed by atoms with Crippen LogP contribution in [0.4, 0.5) is 9.59 Å². The van der Waals surface area contributed by atoms with Gasteiger partial charge >= 0.3 is 24.2 Å². The highest BCUT2D eigenvalue weighted by Crippen LogP contribution is 2.29. The molecule has 0 unspecified atom stereocenters. The molecule has 11 nitrogen and oxygen atoms in total.